The van der Waals surface area contributed by atoms with Crippen molar-refractivity contribution in [2.24, 2.45) is 5.41 Å². The molecule has 0 aromatic carbocycles. The van der Waals surface area contributed by atoms with Crippen LogP contribution in [0.15, 0.2) is 0 Å². The third-order valence-electron chi connectivity index (χ3n) is 7.80. The first-order valence-electron chi connectivity index (χ1n) is 12.5. The second-order valence-electron chi connectivity index (χ2n) is 11.5. The van der Waals surface area contributed by atoms with Crippen molar-refractivity contribution in [1.82, 2.24) is 0 Å². The number of hydrogen-bond acceptors (Lipinski definition) is 2. The highest BCUT2D eigenvalue weighted by molar-refractivity contribution is 5.13. The van der Waals surface area contributed by atoms with Gasteiger partial charge in [-0.3, -0.25) is 0 Å². The molecule has 0 atom stereocenters. The molecule has 1 fully saturated rings. The zero-order valence-corrected chi connectivity index (χ0v) is 23.9. The summed E-state index contributed by atoms with van der Waals surface area (Å²) in [5.41, 5.74) is -5.85. The second-order valence-corrected chi connectivity index (χ2v) is 11.5. The molecule has 0 amide bonds. The van der Waals surface area contributed by atoms with Gasteiger partial charge in [-0.1, -0.05) is 13.8 Å². The Kier molecular flexibility index (Phi) is 11.4. The van der Waals surface area contributed by atoms with Gasteiger partial charge in [0, 0.05) is 18.3 Å². The number of hydrogen-bond donors (Lipinski definition) is 0. The van der Waals surface area contributed by atoms with E-state index in [1.54, 1.807) is 0 Å². The second kappa shape index (κ2) is 12.3. The molecule has 1 rings (SSSR count). The molecule has 2 nitrogen and oxygen atoms in total. The molecule has 0 bridgehead atoms. The zero-order chi connectivity index (χ0) is 40.7. The minimum absolute atomic E-state index is 0.554. The van der Waals surface area contributed by atoms with E-state index >= 15 is 0 Å². The van der Waals surface area contributed by atoms with Gasteiger partial charge in [0.25, 0.3) is 0 Å². The summed E-state index contributed by atoms with van der Waals surface area (Å²) in [4.78, 5) is 0. The molecule has 0 aliphatic carbocycles. The van der Waals surface area contributed by atoms with Crippen molar-refractivity contribution in [2.45, 2.75) is 117 Å². The zero-order valence-electron chi connectivity index (χ0n) is 23.9. The van der Waals surface area contributed by atoms with Crippen LogP contribution in [0.4, 0.5) is 114 Å². The Morgan fingerprint density at radius 1 is 0.400 bits per heavy atom. The van der Waals surface area contributed by atoms with E-state index in [2.05, 4.69) is 9.47 Å². The molecule has 0 saturated carbocycles. The van der Waals surface area contributed by atoms with E-state index in [1.165, 1.54) is 0 Å². The van der Waals surface area contributed by atoms with Crippen molar-refractivity contribution in [1.29, 1.82) is 0 Å². The minimum Gasteiger partial charge on any atom is -0.355 e. The van der Waals surface area contributed by atoms with Crippen molar-refractivity contribution >= 4 is 0 Å². The summed E-state index contributed by atoms with van der Waals surface area (Å²) in [7, 11) is 0. The van der Waals surface area contributed by atoms with Crippen LogP contribution in [0.3, 0.4) is 0 Å². The highest BCUT2D eigenvalue weighted by Gasteiger charge is 2.92. The van der Waals surface area contributed by atoms with Gasteiger partial charge in [-0.25, -0.2) is 0 Å². The topological polar surface area (TPSA) is 18.5 Å². The Morgan fingerprint density at radius 2 is 0.660 bits per heavy atom. The summed E-state index contributed by atoms with van der Waals surface area (Å²) in [5, 5.41) is 0. The lowest BCUT2D eigenvalue weighted by molar-refractivity contribution is -0.441. The minimum atomic E-state index is -8.37. The van der Waals surface area contributed by atoms with E-state index in [0.29, 0.717) is 13.8 Å². The molecule has 28 heteroatoms. The van der Waals surface area contributed by atoms with Crippen LogP contribution in [0.1, 0.15) is 39.5 Å². The van der Waals surface area contributed by atoms with Gasteiger partial charge >= 0.3 is 71.6 Å². The van der Waals surface area contributed by atoms with Crippen LogP contribution in [0.25, 0.3) is 0 Å². The van der Waals surface area contributed by atoms with E-state index in [0.717, 1.165) is 0 Å². The largest absolute Gasteiger partial charge is 0.460 e. The lowest BCUT2D eigenvalue weighted by Crippen LogP contribution is -2.70. The maximum absolute atomic E-state index is 14.5. The van der Waals surface area contributed by atoms with Crippen molar-refractivity contribution in [3.05, 3.63) is 0 Å². The first-order valence-corrected chi connectivity index (χ1v) is 12.5. The third-order valence-corrected chi connectivity index (χ3v) is 7.80. The van der Waals surface area contributed by atoms with Gasteiger partial charge in [-0.05, 0) is 12.8 Å². The SMILES string of the molecule is CC1(C)COCOC1(CCC(F)(F)C(F)(F)C(F)(F)C(F)(F)C(F)(F)C(F)(F)F)CCC(F)(F)C(F)(F)C(F)(F)C(F)(F)C(F)(F)C(F)(F)F. The van der Waals surface area contributed by atoms with Gasteiger partial charge in [0.1, 0.15) is 6.79 Å². The maximum Gasteiger partial charge on any atom is 0.460 e. The normalized spacial score (nSPS) is 19.9. The Bertz CT molecular complexity index is 1120. The molecule has 0 spiro atoms. The van der Waals surface area contributed by atoms with Gasteiger partial charge in [-0.15, -0.1) is 0 Å². The molecule has 1 aliphatic rings. The number of ether oxygens (including phenoxy) is 2. The Morgan fingerprint density at radius 3 is 0.900 bits per heavy atom. The van der Waals surface area contributed by atoms with Crippen LogP contribution < -0.4 is 0 Å². The number of rotatable bonds is 14. The van der Waals surface area contributed by atoms with Crippen LogP contribution in [0.2, 0.25) is 0 Å². The third kappa shape index (κ3) is 6.50. The van der Waals surface area contributed by atoms with E-state index < -0.39 is 122 Å². The highest BCUT2D eigenvalue weighted by atomic mass is 19.4. The van der Waals surface area contributed by atoms with Crippen molar-refractivity contribution < 1.29 is 124 Å². The molecule has 0 aromatic rings. The summed E-state index contributed by atoms with van der Waals surface area (Å²) < 4.78 is 359. The lowest BCUT2D eigenvalue weighted by atomic mass is 9.68. The molecule has 300 valence electrons. The van der Waals surface area contributed by atoms with E-state index in [-0.39, 0.29) is 0 Å². The predicted octanol–water partition coefficient (Wildman–Crippen LogP) is 10.8. The van der Waals surface area contributed by atoms with Crippen molar-refractivity contribution in [2.75, 3.05) is 13.4 Å². The number of alkyl halides is 26. The first kappa shape index (κ1) is 46.1. The molecule has 0 radical (unpaired) electrons. The van der Waals surface area contributed by atoms with E-state index in [4.69, 9.17) is 0 Å². The molecule has 0 unspecified atom stereocenters. The average Bonchev–Trinajstić information content (AvgIpc) is 2.89. The Labute approximate surface area is 260 Å². The number of halogens is 26. The highest BCUT2D eigenvalue weighted by Crippen LogP contribution is 2.63. The fourth-order valence-electron chi connectivity index (χ4n) is 4.36. The predicted molar refractivity (Wildman–Crippen MR) is 108 cm³/mol. The Hall–Kier alpha value is -1.90. The van der Waals surface area contributed by atoms with Gasteiger partial charge in [0.2, 0.25) is 0 Å². The molecule has 50 heavy (non-hydrogen) atoms. The van der Waals surface area contributed by atoms with Gasteiger partial charge in [-0.2, -0.15) is 114 Å². The van der Waals surface area contributed by atoms with Crippen LogP contribution in [0, 0.1) is 5.41 Å². The monoisotopic (exact) mass is 808 g/mol. The van der Waals surface area contributed by atoms with Gasteiger partial charge < -0.3 is 9.47 Å². The average molecular weight is 808 g/mol. The standard InChI is InChI=1S/C22H18F26O2/c1-9(2)7-49-8-50-10(9,3-5-11(23,24)13(27,28)15(31,32)17(35,36)19(39,40)21(43,44)45)4-6-12(25,26)14(29,30)16(33,34)18(37,38)20(41,42)22(46,47)48/h3-8H2,1-2H3. The molecule has 0 aromatic heterocycles. The summed E-state index contributed by atoms with van der Waals surface area (Å²) in [6.07, 6.45) is -26.8. The quantitative estimate of drug-likeness (QED) is 0.163. The molecular weight excluding hydrogens is 790 g/mol. The molecule has 0 N–H and O–H groups in total. The summed E-state index contributed by atoms with van der Waals surface area (Å²) in [6.45, 7) is -1.45. The van der Waals surface area contributed by atoms with Gasteiger partial charge in [0.15, 0.2) is 0 Å². The van der Waals surface area contributed by atoms with Crippen LogP contribution >= 0.6 is 0 Å². The van der Waals surface area contributed by atoms with E-state index in [1.807, 2.05) is 0 Å². The van der Waals surface area contributed by atoms with Crippen molar-refractivity contribution in [3.8, 4) is 0 Å². The maximum atomic E-state index is 14.5. The summed E-state index contributed by atoms with van der Waals surface area (Å²) in [6, 6.07) is 0. The van der Waals surface area contributed by atoms with Crippen LogP contribution in [-0.4, -0.2) is 90.6 Å². The van der Waals surface area contributed by atoms with Crippen molar-refractivity contribution in [3.63, 3.8) is 0 Å². The smallest absolute Gasteiger partial charge is 0.355 e. The fraction of sp³-hybridized carbons (Fsp3) is 1.00. The molecule has 1 saturated heterocycles. The van der Waals surface area contributed by atoms with Gasteiger partial charge in [0.05, 0.1) is 12.2 Å². The molecule has 1 heterocycles. The first-order chi connectivity index (χ1) is 21.4. The molecule has 1 aliphatic heterocycles. The fourth-order valence-corrected chi connectivity index (χ4v) is 4.36. The summed E-state index contributed by atoms with van der Waals surface area (Å²) in [5.74, 6) is -79.5. The lowest BCUT2D eigenvalue weighted by Gasteiger charge is -2.51. The van der Waals surface area contributed by atoms with Crippen LogP contribution in [-0.2, 0) is 9.47 Å². The van der Waals surface area contributed by atoms with Crippen LogP contribution in [0.5, 0.6) is 0 Å². The summed E-state index contributed by atoms with van der Waals surface area (Å²) >= 11 is 0. The molecular formula is C22H18F26O2. The van der Waals surface area contributed by atoms with E-state index in [9.17, 15) is 114 Å². The Balaban J connectivity index is 3.63.